The van der Waals surface area contributed by atoms with Gasteiger partial charge in [-0.2, -0.15) is 5.26 Å². The van der Waals surface area contributed by atoms with E-state index in [1.165, 1.54) is 23.8 Å². The van der Waals surface area contributed by atoms with Gasteiger partial charge < -0.3 is 4.74 Å². The summed E-state index contributed by atoms with van der Waals surface area (Å²) in [5.74, 6) is 0.187. The Morgan fingerprint density at radius 3 is 2.93 bits per heavy atom. The van der Waals surface area contributed by atoms with Crippen LogP contribution < -0.4 is 4.74 Å². The molecule has 0 amide bonds. The number of hydrogen-bond acceptors (Lipinski definition) is 3. The van der Waals surface area contributed by atoms with Crippen molar-refractivity contribution in [2.45, 2.75) is 0 Å². The third-order valence-corrected chi connectivity index (χ3v) is 2.94. The first-order chi connectivity index (χ1) is 6.77. The molecular weight excluding hydrogens is 201 g/mol. The van der Waals surface area contributed by atoms with Crippen LogP contribution in [0.5, 0.6) is 5.75 Å². The van der Waals surface area contributed by atoms with E-state index in [4.69, 9.17) is 10.00 Å². The van der Waals surface area contributed by atoms with Crippen molar-refractivity contribution in [1.82, 2.24) is 0 Å². The highest BCUT2D eigenvalue weighted by molar-refractivity contribution is 7.17. The number of halogens is 1. The minimum Gasteiger partial charge on any atom is -0.494 e. The highest BCUT2D eigenvalue weighted by atomic mass is 32.1. The molecule has 0 saturated carbocycles. The lowest BCUT2D eigenvalue weighted by Gasteiger charge is -2.02. The lowest BCUT2D eigenvalue weighted by atomic mass is 10.1. The third-order valence-electron chi connectivity index (χ3n) is 1.97. The first kappa shape index (κ1) is 8.97. The zero-order chi connectivity index (χ0) is 10.1. The van der Waals surface area contributed by atoms with Gasteiger partial charge in [-0.05, 0) is 12.1 Å². The first-order valence-corrected chi connectivity index (χ1v) is 4.79. The van der Waals surface area contributed by atoms with Crippen LogP contribution in [-0.2, 0) is 0 Å². The second-order valence-corrected chi connectivity index (χ2v) is 3.60. The molecule has 0 spiro atoms. The summed E-state index contributed by atoms with van der Waals surface area (Å²) in [4.78, 5) is 0. The summed E-state index contributed by atoms with van der Waals surface area (Å²) in [6.07, 6.45) is 0. The van der Waals surface area contributed by atoms with E-state index in [2.05, 4.69) is 0 Å². The number of benzene rings is 1. The Morgan fingerprint density at radius 2 is 2.29 bits per heavy atom. The molecule has 0 fully saturated rings. The minimum atomic E-state index is -0.271. The fourth-order valence-electron chi connectivity index (χ4n) is 1.33. The number of hydrogen-bond donors (Lipinski definition) is 0. The van der Waals surface area contributed by atoms with Gasteiger partial charge >= 0.3 is 0 Å². The second-order valence-electron chi connectivity index (χ2n) is 2.72. The molecule has 0 aliphatic carbocycles. The van der Waals surface area contributed by atoms with E-state index in [-0.39, 0.29) is 5.82 Å². The lowest BCUT2D eigenvalue weighted by Crippen LogP contribution is -1.87. The molecule has 2 nitrogen and oxygen atoms in total. The smallest absolute Gasteiger partial charge is 0.154 e. The molecule has 0 aliphatic rings. The van der Waals surface area contributed by atoms with Gasteiger partial charge in [-0.3, -0.25) is 0 Å². The second kappa shape index (κ2) is 3.28. The average Bonchev–Trinajstić information content (AvgIpc) is 2.59. The molecule has 2 rings (SSSR count). The van der Waals surface area contributed by atoms with Crippen LogP contribution in [0, 0.1) is 17.1 Å². The van der Waals surface area contributed by atoms with Crippen molar-refractivity contribution >= 4 is 21.4 Å². The van der Waals surface area contributed by atoms with Crippen LogP contribution in [0.1, 0.15) is 5.56 Å². The molecule has 0 radical (unpaired) electrons. The molecule has 0 bridgehead atoms. The van der Waals surface area contributed by atoms with Gasteiger partial charge in [-0.15, -0.1) is 11.3 Å². The monoisotopic (exact) mass is 207 g/mol. The number of ether oxygens (including phenoxy) is 1. The number of rotatable bonds is 1. The fourth-order valence-corrected chi connectivity index (χ4v) is 2.27. The quantitative estimate of drug-likeness (QED) is 0.720. The number of fused-ring (bicyclic) bond motifs is 1. The zero-order valence-corrected chi connectivity index (χ0v) is 8.19. The first-order valence-electron chi connectivity index (χ1n) is 3.91. The Morgan fingerprint density at radius 1 is 1.50 bits per heavy atom. The van der Waals surface area contributed by atoms with Gasteiger partial charge in [0, 0.05) is 10.8 Å². The van der Waals surface area contributed by atoms with E-state index < -0.39 is 0 Å². The molecule has 0 saturated heterocycles. The molecule has 1 aromatic heterocycles. The minimum absolute atomic E-state index is 0.271. The Kier molecular flexibility index (Phi) is 2.10. The molecule has 70 valence electrons. The predicted molar refractivity (Wildman–Crippen MR) is 53.1 cm³/mol. The van der Waals surface area contributed by atoms with E-state index >= 15 is 0 Å². The molecule has 1 aromatic carbocycles. The molecule has 0 unspecified atom stereocenters. The van der Waals surface area contributed by atoms with Crippen molar-refractivity contribution in [2.75, 3.05) is 7.11 Å². The fraction of sp³-hybridized carbons (Fsp3) is 0.100. The molecular formula is C10H6FNOS. The van der Waals surface area contributed by atoms with Crippen LogP contribution in [0.25, 0.3) is 10.1 Å². The average molecular weight is 207 g/mol. The summed E-state index contributed by atoms with van der Waals surface area (Å²) in [6.45, 7) is 0. The van der Waals surface area contributed by atoms with Crippen molar-refractivity contribution in [3.05, 3.63) is 28.9 Å². The number of methoxy groups -OCH3 is 1. The summed E-state index contributed by atoms with van der Waals surface area (Å²) < 4.78 is 18.9. The van der Waals surface area contributed by atoms with Gasteiger partial charge in [0.05, 0.1) is 17.4 Å². The van der Waals surface area contributed by atoms with Crippen molar-refractivity contribution in [3.63, 3.8) is 0 Å². The topological polar surface area (TPSA) is 33.0 Å². The summed E-state index contributed by atoms with van der Waals surface area (Å²) in [6, 6.07) is 5.17. The van der Waals surface area contributed by atoms with Crippen LogP contribution >= 0.6 is 11.3 Å². The van der Waals surface area contributed by atoms with Crippen LogP contribution in [0.4, 0.5) is 4.39 Å². The van der Waals surface area contributed by atoms with Crippen molar-refractivity contribution in [3.8, 4) is 11.8 Å². The summed E-state index contributed by atoms with van der Waals surface area (Å²) in [7, 11) is 1.48. The SMILES string of the molecule is COc1c(C#N)ccc2c(F)csc12. The third kappa shape index (κ3) is 1.14. The van der Waals surface area contributed by atoms with Crippen molar-refractivity contribution < 1.29 is 9.13 Å². The van der Waals surface area contributed by atoms with Gasteiger partial charge in [0.25, 0.3) is 0 Å². The van der Waals surface area contributed by atoms with Gasteiger partial charge in [0.15, 0.2) is 5.75 Å². The van der Waals surface area contributed by atoms with Crippen LogP contribution in [0.15, 0.2) is 17.5 Å². The number of nitrogens with zero attached hydrogens (tertiary/aromatic N) is 1. The maximum atomic E-state index is 13.2. The van der Waals surface area contributed by atoms with E-state index in [0.29, 0.717) is 21.4 Å². The Labute approximate surface area is 84.2 Å². The maximum absolute atomic E-state index is 13.2. The standard InChI is InChI=1S/C10H6FNOS/c1-13-9-6(4-12)2-3-7-8(11)5-14-10(7)9/h2-3,5H,1H3. The van der Waals surface area contributed by atoms with E-state index in [9.17, 15) is 4.39 Å². The van der Waals surface area contributed by atoms with Gasteiger partial charge in [-0.1, -0.05) is 0 Å². The van der Waals surface area contributed by atoms with Crippen LogP contribution in [0.3, 0.4) is 0 Å². The van der Waals surface area contributed by atoms with Gasteiger partial charge in [0.2, 0.25) is 0 Å². The summed E-state index contributed by atoms with van der Waals surface area (Å²) in [5, 5.41) is 10.7. The van der Waals surface area contributed by atoms with Gasteiger partial charge in [0.1, 0.15) is 11.9 Å². The molecule has 0 N–H and O–H groups in total. The summed E-state index contributed by atoms with van der Waals surface area (Å²) >= 11 is 1.24. The molecule has 1 heterocycles. The zero-order valence-electron chi connectivity index (χ0n) is 7.37. The van der Waals surface area contributed by atoms with Crippen LogP contribution in [0.2, 0.25) is 0 Å². The highest BCUT2D eigenvalue weighted by Gasteiger charge is 2.12. The van der Waals surface area contributed by atoms with Crippen molar-refractivity contribution in [1.29, 1.82) is 5.26 Å². The Bertz CT molecular complexity index is 527. The molecule has 2 aromatic rings. The highest BCUT2D eigenvalue weighted by Crippen LogP contribution is 2.35. The molecule has 14 heavy (non-hydrogen) atoms. The Hall–Kier alpha value is -1.60. The molecule has 4 heteroatoms. The van der Waals surface area contributed by atoms with E-state index in [1.54, 1.807) is 12.1 Å². The normalized spacial score (nSPS) is 10.1. The number of nitriles is 1. The van der Waals surface area contributed by atoms with E-state index in [1.807, 2.05) is 6.07 Å². The predicted octanol–water partition coefficient (Wildman–Crippen LogP) is 2.92. The molecule has 0 atom stereocenters. The molecule has 0 aliphatic heterocycles. The van der Waals surface area contributed by atoms with Gasteiger partial charge in [-0.25, -0.2) is 4.39 Å². The van der Waals surface area contributed by atoms with E-state index in [0.717, 1.165) is 0 Å². The number of thiophene rings is 1. The lowest BCUT2D eigenvalue weighted by molar-refractivity contribution is 0.419. The summed E-state index contributed by atoms with van der Waals surface area (Å²) in [5.41, 5.74) is 0.432. The largest absolute Gasteiger partial charge is 0.494 e. The maximum Gasteiger partial charge on any atom is 0.154 e. The van der Waals surface area contributed by atoms with Crippen LogP contribution in [-0.4, -0.2) is 7.11 Å². The van der Waals surface area contributed by atoms with Crippen molar-refractivity contribution in [2.24, 2.45) is 0 Å². The Balaban J connectivity index is 2.86.